The molecule has 7 nitrogen and oxygen atoms in total. The van der Waals surface area contributed by atoms with Crippen molar-refractivity contribution in [2.45, 2.75) is 26.7 Å². The molecule has 2 rings (SSSR count). The number of para-hydroxylation sites is 2. The van der Waals surface area contributed by atoms with Crippen LogP contribution in [-0.4, -0.2) is 23.9 Å². The van der Waals surface area contributed by atoms with E-state index in [4.69, 9.17) is 4.42 Å². The fourth-order valence-electron chi connectivity index (χ4n) is 2.48. The first-order chi connectivity index (χ1) is 11.6. The fourth-order valence-corrected chi connectivity index (χ4v) is 2.48. The van der Waals surface area contributed by atoms with Crippen LogP contribution in [0.5, 0.6) is 0 Å². The highest BCUT2D eigenvalue weighted by atomic mass is 16.6. The van der Waals surface area contributed by atoms with Crippen molar-refractivity contribution in [1.29, 1.82) is 0 Å². The maximum absolute atomic E-state index is 12.3. The van der Waals surface area contributed by atoms with E-state index >= 15 is 0 Å². The van der Waals surface area contributed by atoms with Crippen LogP contribution in [-0.2, 0) is 0 Å². The Labute approximate surface area is 140 Å². The van der Waals surface area contributed by atoms with Crippen LogP contribution in [0.2, 0.25) is 0 Å². The number of rotatable bonds is 8. The van der Waals surface area contributed by atoms with Crippen molar-refractivity contribution in [1.82, 2.24) is 0 Å². The van der Waals surface area contributed by atoms with Gasteiger partial charge in [0, 0.05) is 13.1 Å². The molecule has 1 aromatic heterocycles. The summed E-state index contributed by atoms with van der Waals surface area (Å²) in [4.78, 5) is 24.5. The third-order valence-corrected chi connectivity index (χ3v) is 3.48. The topological polar surface area (TPSA) is 88.6 Å². The summed E-state index contributed by atoms with van der Waals surface area (Å²) in [6.07, 6.45) is 1.99. The summed E-state index contributed by atoms with van der Waals surface area (Å²) >= 11 is 0. The molecule has 7 heteroatoms. The molecule has 0 aliphatic carbocycles. The SMILES string of the molecule is CCCN(CCC)c1ccccc1NC(=O)c1ccc([N+](=O)[O-])o1. The van der Waals surface area contributed by atoms with Crippen molar-refractivity contribution in [3.05, 3.63) is 52.3 Å². The molecule has 24 heavy (non-hydrogen) atoms. The zero-order valence-corrected chi connectivity index (χ0v) is 13.8. The average molecular weight is 331 g/mol. The zero-order valence-electron chi connectivity index (χ0n) is 13.8. The molecule has 1 aromatic carbocycles. The second kappa shape index (κ2) is 8.14. The molecule has 0 aliphatic heterocycles. The van der Waals surface area contributed by atoms with Crippen LogP contribution >= 0.6 is 0 Å². The normalized spacial score (nSPS) is 10.4. The van der Waals surface area contributed by atoms with Gasteiger partial charge in [0.25, 0.3) is 5.91 Å². The van der Waals surface area contributed by atoms with Gasteiger partial charge < -0.3 is 14.6 Å². The molecular weight excluding hydrogens is 310 g/mol. The van der Waals surface area contributed by atoms with Crippen LogP contribution in [0.25, 0.3) is 0 Å². The quantitative estimate of drug-likeness (QED) is 0.582. The summed E-state index contributed by atoms with van der Waals surface area (Å²) < 4.78 is 4.95. The number of hydrogen-bond acceptors (Lipinski definition) is 5. The highest BCUT2D eigenvalue weighted by Crippen LogP contribution is 2.27. The Bertz CT molecular complexity index is 705. The lowest BCUT2D eigenvalue weighted by Gasteiger charge is -2.26. The minimum atomic E-state index is -0.672. The number of hydrogen-bond donors (Lipinski definition) is 1. The van der Waals surface area contributed by atoms with Gasteiger partial charge in [0.1, 0.15) is 4.92 Å². The number of carbonyl (C=O) groups is 1. The molecule has 0 saturated carbocycles. The Kier molecular flexibility index (Phi) is 5.95. The molecule has 1 N–H and O–H groups in total. The average Bonchev–Trinajstić information content (AvgIpc) is 3.06. The number of nitrogens with one attached hydrogen (secondary N) is 1. The predicted octanol–water partition coefficient (Wildman–Crippen LogP) is 4.07. The molecule has 0 aliphatic rings. The summed E-state index contributed by atoms with van der Waals surface area (Å²) in [6.45, 7) is 5.97. The summed E-state index contributed by atoms with van der Waals surface area (Å²) in [6, 6.07) is 9.97. The van der Waals surface area contributed by atoms with E-state index in [9.17, 15) is 14.9 Å². The lowest BCUT2D eigenvalue weighted by atomic mass is 10.2. The summed E-state index contributed by atoms with van der Waals surface area (Å²) in [7, 11) is 0. The number of carbonyl (C=O) groups excluding carboxylic acids is 1. The second-order valence-corrected chi connectivity index (χ2v) is 5.35. The van der Waals surface area contributed by atoms with Crippen LogP contribution in [0.1, 0.15) is 37.2 Å². The van der Waals surface area contributed by atoms with Gasteiger partial charge in [-0.25, -0.2) is 0 Å². The van der Waals surface area contributed by atoms with Crippen LogP contribution in [0.15, 0.2) is 40.8 Å². The maximum Gasteiger partial charge on any atom is 0.433 e. The van der Waals surface area contributed by atoms with Crippen molar-refractivity contribution < 1.29 is 14.1 Å². The monoisotopic (exact) mass is 331 g/mol. The Morgan fingerprint density at radius 3 is 2.42 bits per heavy atom. The van der Waals surface area contributed by atoms with E-state index in [0.717, 1.165) is 31.6 Å². The molecular formula is C17H21N3O4. The smallest absolute Gasteiger partial charge is 0.395 e. The maximum atomic E-state index is 12.3. The molecule has 0 bridgehead atoms. The fraction of sp³-hybridized carbons (Fsp3) is 0.353. The number of furan rings is 1. The van der Waals surface area contributed by atoms with Crippen LogP contribution in [0.3, 0.4) is 0 Å². The van der Waals surface area contributed by atoms with Gasteiger partial charge in [0.15, 0.2) is 5.76 Å². The Hall–Kier alpha value is -2.83. The Morgan fingerprint density at radius 1 is 1.17 bits per heavy atom. The van der Waals surface area contributed by atoms with Gasteiger partial charge in [-0.1, -0.05) is 26.0 Å². The van der Waals surface area contributed by atoms with Crippen molar-refractivity contribution in [3.8, 4) is 0 Å². The number of benzene rings is 1. The molecule has 2 aromatic rings. The molecule has 0 saturated heterocycles. The van der Waals surface area contributed by atoms with Gasteiger partial charge in [-0.2, -0.15) is 0 Å². The highest BCUT2D eigenvalue weighted by Gasteiger charge is 2.19. The molecule has 0 radical (unpaired) electrons. The third kappa shape index (κ3) is 4.13. The molecule has 1 heterocycles. The third-order valence-electron chi connectivity index (χ3n) is 3.48. The van der Waals surface area contributed by atoms with E-state index in [1.807, 2.05) is 24.3 Å². The second-order valence-electron chi connectivity index (χ2n) is 5.35. The first-order valence-electron chi connectivity index (χ1n) is 7.96. The van der Waals surface area contributed by atoms with Gasteiger partial charge >= 0.3 is 5.88 Å². The van der Waals surface area contributed by atoms with Crippen LogP contribution in [0, 0.1) is 10.1 Å². The predicted molar refractivity (Wildman–Crippen MR) is 92.6 cm³/mol. The first-order valence-corrected chi connectivity index (χ1v) is 7.96. The summed E-state index contributed by atoms with van der Waals surface area (Å²) in [5, 5.41) is 13.4. The van der Waals surface area contributed by atoms with E-state index in [1.54, 1.807) is 0 Å². The Balaban J connectivity index is 2.22. The largest absolute Gasteiger partial charge is 0.433 e. The van der Waals surface area contributed by atoms with E-state index in [2.05, 4.69) is 24.1 Å². The number of anilines is 2. The standard InChI is InChI=1S/C17H21N3O4/c1-3-11-19(12-4-2)14-8-6-5-7-13(14)18-17(21)15-9-10-16(24-15)20(22)23/h5-10H,3-4,11-12H2,1-2H3,(H,18,21). The minimum absolute atomic E-state index is 0.0889. The van der Waals surface area contributed by atoms with Gasteiger partial charge in [0.05, 0.1) is 17.4 Å². The molecule has 0 atom stereocenters. The summed E-state index contributed by atoms with van der Waals surface area (Å²) in [5.74, 6) is -1.05. The van der Waals surface area contributed by atoms with Crippen molar-refractivity contribution in [3.63, 3.8) is 0 Å². The highest BCUT2D eigenvalue weighted by molar-refractivity contribution is 6.04. The number of nitro groups is 1. The van der Waals surface area contributed by atoms with E-state index in [-0.39, 0.29) is 5.76 Å². The van der Waals surface area contributed by atoms with Crippen molar-refractivity contribution >= 4 is 23.2 Å². The van der Waals surface area contributed by atoms with Gasteiger partial charge in [-0.05, 0) is 31.0 Å². The summed E-state index contributed by atoms with van der Waals surface area (Å²) in [5.41, 5.74) is 1.58. The lowest BCUT2D eigenvalue weighted by molar-refractivity contribution is -0.402. The van der Waals surface area contributed by atoms with Gasteiger partial charge in [-0.3, -0.25) is 14.9 Å². The van der Waals surface area contributed by atoms with Crippen molar-refractivity contribution in [2.24, 2.45) is 0 Å². The van der Waals surface area contributed by atoms with E-state index < -0.39 is 16.7 Å². The molecule has 0 fully saturated rings. The molecule has 128 valence electrons. The van der Waals surface area contributed by atoms with E-state index in [1.165, 1.54) is 12.1 Å². The molecule has 1 amide bonds. The van der Waals surface area contributed by atoms with Gasteiger partial charge in [0.2, 0.25) is 0 Å². The first kappa shape index (κ1) is 17.5. The molecule has 0 unspecified atom stereocenters. The van der Waals surface area contributed by atoms with Crippen molar-refractivity contribution in [2.75, 3.05) is 23.3 Å². The van der Waals surface area contributed by atoms with Crippen LogP contribution in [0.4, 0.5) is 17.3 Å². The van der Waals surface area contributed by atoms with E-state index in [0.29, 0.717) is 5.69 Å². The lowest BCUT2D eigenvalue weighted by Crippen LogP contribution is -2.26. The van der Waals surface area contributed by atoms with Gasteiger partial charge in [-0.15, -0.1) is 0 Å². The molecule has 0 spiro atoms. The number of nitrogens with zero attached hydrogens (tertiary/aromatic N) is 2. The van der Waals surface area contributed by atoms with Crippen LogP contribution < -0.4 is 10.2 Å². The Morgan fingerprint density at radius 2 is 1.83 bits per heavy atom. The number of amides is 1. The zero-order chi connectivity index (χ0) is 17.5. The minimum Gasteiger partial charge on any atom is -0.395 e.